The van der Waals surface area contributed by atoms with Crippen molar-refractivity contribution in [1.29, 1.82) is 0 Å². The third-order valence-corrected chi connectivity index (χ3v) is 4.70. The molecule has 4 aliphatic carbocycles. The quantitative estimate of drug-likeness (QED) is 0.679. The Morgan fingerprint density at radius 1 is 1.27 bits per heavy atom. The van der Waals surface area contributed by atoms with Gasteiger partial charge in [-0.2, -0.15) is 8.42 Å². The van der Waals surface area contributed by atoms with E-state index < -0.39 is 10.1 Å². The fourth-order valence-electron chi connectivity index (χ4n) is 4.15. The molecule has 0 amide bonds. The molecule has 4 fully saturated rings. The molecular formula is C11H17O3S. The lowest BCUT2D eigenvalue weighted by atomic mass is 9.54. The van der Waals surface area contributed by atoms with Crippen molar-refractivity contribution in [3.63, 3.8) is 0 Å². The van der Waals surface area contributed by atoms with Crippen molar-refractivity contribution in [3.05, 3.63) is 5.92 Å². The molecule has 85 valence electrons. The topological polar surface area (TPSA) is 43.4 Å². The molecule has 4 saturated carbocycles. The fraction of sp³-hybridized carbons (Fsp3) is 0.909. The highest BCUT2D eigenvalue weighted by atomic mass is 32.2. The maximum atomic E-state index is 11.3. The first-order valence-electron chi connectivity index (χ1n) is 5.68. The predicted octanol–water partition coefficient (Wildman–Crippen LogP) is 1.89. The van der Waals surface area contributed by atoms with Crippen molar-refractivity contribution < 1.29 is 12.6 Å². The van der Waals surface area contributed by atoms with Gasteiger partial charge in [-0.25, -0.2) is 0 Å². The van der Waals surface area contributed by atoms with Crippen LogP contribution in [0.2, 0.25) is 0 Å². The molecule has 15 heavy (non-hydrogen) atoms. The molecule has 0 heterocycles. The third kappa shape index (κ3) is 1.82. The van der Waals surface area contributed by atoms with E-state index in [1.165, 1.54) is 25.5 Å². The minimum Gasteiger partial charge on any atom is -0.264 e. The van der Waals surface area contributed by atoms with Crippen LogP contribution in [0.1, 0.15) is 38.5 Å². The van der Waals surface area contributed by atoms with Crippen molar-refractivity contribution in [3.8, 4) is 0 Å². The van der Waals surface area contributed by atoms with E-state index in [4.69, 9.17) is 4.18 Å². The van der Waals surface area contributed by atoms with E-state index >= 15 is 0 Å². The SMILES string of the molecule is CS(=O)(=O)OC12C[C]3CC(CC(C3)C1)C2. The van der Waals surface area contributed by atoms with Gasteiger partial charge in [0.2, 0.25) is 0 Å². The van der Waals surface area contributed by atoms with Crippen molar-refractivity contribution in [1.82, 2.24) is 0 Å². The summed E-state index contributed by atoms with van der Waals surface area (Å²) in [7, 11) is -3.30. The van der Waals surface area contributed by atoms with Crippen molar-refractivity contribution in [2.24, 2.45) is 11.8 Å². The molecule has 0 aromatic carbocycles. The van der Waals surface area contributed by atoms with Gasteiger partial charge in [-0.15, -0.1) is 0 Å². The van der Waals surface area contributed by atoms with Gasteiger partial charge in [0.1, 0.15) is 0 Å². The Bertz CT molecular complexity index is 336. The summed E-state index contributed by atoms with van der Waals surface area (Å²) in [5.74, 6) is 2.95. The van der Waals surface area contributed by atoms with Gasteiger partial charge in [0.15, 0.2) is 0 Å². The van der Waals surface area contributed by atoms with Gasteiger partial charge < -0.3 is 0 Å². The van der Waals surface area contributed by atoms with Gasteiger partial charge in [0, 0.05) is 0 Å². The molecule has 0 aliphatic heterocycles. The molecule has 4 rings (SSSR count). The molecule has 0 aromatic heterocycles. The summed E-state index contributed by atoms with van der Waals surface area (Å²) in [6.45, 7) is 0. The fourth-order valence-corrected chi connectivity index (χ4v) is 4.98. The Morgan fingerprint density at radius 2 is 1.87 bits per heavy atom. The van der Waals surface area contributed by atoms with Crippen LogP contribution in [-0.4, -0.2) is 20.3 Å². The lowest BCUT2D eigenvalue weighted by Crippen LogP contribution is -2.51. The van der Waals surface area contributed by atoms with Crippen LogP contribution in [0.25, 0.3) is 0 Å². The highest BCUT2D eigenvalue weighted by Crippen LogP contribution is 2.58. The Morgan fingerprint density at radius 3 is 2.33 bits per heavy atom. The summed E-state index contributed by atoms with van der Waals surface area (Å²) in [4.78, 5) is 0. The number of hydrogen-bond donors (Lipinski definition) is 0. The Hall–Kier alpha value is -0.0900. The first-order chi connectivity index (χ1) is 6.94. The number of rotatable bonds is 2. The molecule has 0 saturated heterocycles. The van der Waals surface area contributed by atoms with Gasteiger partial charge in [0.25, 0.3) is 10.1 Å². The summed E-state index contributed by atoms with van der Waals surface area (Å²) in [6.07, 6.45) is 7.73. The minimum atomic E-state index is -3.30. The monoisotopic (exact) mass is 229 g/mol. The second kappa shape index (κ2) is 2.98. The smallest absolute Gasteiger partial charge is 0.264 e. The Balaban J connectivity index is 1.87. The van der Waals surface area contributed by atoms with Crippen LogP contribution in [0.3, 0.4) is 0 Å². The molecular weight excluding hydrogens is 212 g/mol. The van der Waals surface area contributed by atoms with Crippen LogP contribution in [0.5, 0.6) is 0 Å². The van der Waals surface area contributed by atoms with E-state index in [9.17, 15) is 8.42 Å². The Labute approximate surface area is 91.3 Å². The molecule has 0 spiro atoms. The highest BCUT2D eigenvalue weighted by molar-refractivity contribution is 7.86. The van der Waals surface area contributed by atoms with Gasteiger partial charge >= 0.3 is 0 Å². The molecule has 2 atom stereocenters. The molecule has 4 aliphatic rings. The van der Waals surface area contributed by atoms with Crippen LogP contribution in [0.15, 0.2) is 0 Å². The lowest BCUT2D eigenvalue weighted by molar-refractivity contribution is -0.0617. The van der Waals surface area contributed by atoms with Gasteiger partial charge in [-0.3, -0.25) is 4.18 Å². The average molecular weight is 229 g/mol. The van der Waals surface area contributed by atoms with Crippen LogP contribution in [0, 0.1) is 17.8 Å². The maximum absolute atomic E-state index is 11.3. The van der Waals surface area contributed by atoms with E-state index in [0.29, 0.717) is 11.8 Å². The zero-order chi connectivity index (χ0) is 10.7. The van der Waals surface area contributed by atoms with Crippen LogP contribution >= 0.6 is 0 Å². The third-order valence-electron chi connectivity index (χ3n) is 4.04. The van der Waals surface area contributed by atoms with Gasteiger partial charge in [-0.05, 0) is 56.3 Å². The molecule has 4 heteroatoms. The minimum absolute atomic E-state index is 0.340. The van der Waals surface area contributed by atoms with Gasteiger partial charge in [0.05, 0.1) is 11.9 Å². The molecule has 3 nitrogen and oxygen atoms in total. The van der Waals surface area contributed by atoms with E-state index in [-0.39, 0.29) is 5.60 Å². The summed E-state index contributed by atoms with van der Waals surface area (Å²) >= 11 is 0. The summed E-state index contributed by atoms with van der Waals surface area (Å²) < 4.78 is 28.0. The molecule has 2 unspecified atom stereocenters. The zero-order valence-corrected chi connectivity index (χ0v) is 9.85. The molecule has 0 aromatic rings. The van der Waals surface area contributed by atoms with Crippen LogP contribution in [0.4, 0.5) is 0 Å². The first kappa shape index (κ1) is 10.1. The van der Waals surface area contributed by atoms with E-state index in [1.54, 1.807) is 5.92 Å². The summed E-state index contributed by atoms with van der Waals surface area (Å²) in [6, 6.07) is 0. The zero-order valence-electron chi connectivity index (χ0n) is 9.03. The first-order valence-corrected chi connectivity index (χ1v) is 7.50. The van der Waals surface area contributed by atoms with Crippen LogP contribution < -0.4 is 0 Å². The standard InChI is InChI=1S/C11H17O3S/c1-15(12,13)14-11-5-8-2-9(6-11)4-10(3-8)7-11/h8-9H,2-7H2,1H3. The van der Waals surface area contributed by atoms with Crippen molar-refractivity contribution >= 4 is 10.1 Å². The highest BCUT2D eigenvalue weighted by Gasteiger charge is 2.53. The average Bonchev–Trinajstić information content (AvgIpc) is 1.94. The van der Waals surface area contributed by atoms with E-state index in [2.05, 4.69) is 0 Å². The summed E-state index contributed by atoms with van der Waals surface area (Å²) in [5.41, 5.74) is -0.340. The Kier molecular flexibility index (Phi) is 2.00. The maximum Gasteiger partial charge on any atom is 0.264 e. The second-order valence-electron chi connectivity index (χ2n) is 5.68. The lowest BCUT2D eigenvalue weighted by Gasteiger charge is -2.55. The molecule has 4 bridgehead atoms. The molecule has 1 radical (unpaired) electrons. The van der Waals surface area contributed by atoms with E-state index in [1.807, 2.05) is 0 Å². The second-order valence-corrected chi connectivity index (χ2v) is 7.26. The van der Waals surface area contributed by atoms with Crippen molar-refractivity contribution in [2.75, 3.05) is 6.26 Å². The normalized spacial score (nSPS) is 44.9. The molecule has 0 N–H and O–H groups in total. The van der Waals surface area contributed by atoms with Crippen LogP contribution in [-0.2, 0) is 14.3 Å². The van der Waals surface area contributed by atoms with Gasteiger partial charge in [-0.1, -0.05) is 0 Å². The number of hydrogen-bond acceptors (Lipinski definition) is 3. The summed E-state index contributed by atoms with van der Waals surface area (Å²) in [5, 5.41) is 0. The predicted molar refractivity (Wildman–Crippen MR) is 56.6 cm³/mol. The largest absolute Gasteiger partial charge is 0.264 e. The van der Waals surface area contributed by atoms with Crippen molar-refractivity contribution in [2.45, 2.75) is 44.1 Å². The van der Waals surface area contributed by atoms with E-state index in [0.717, 1.165) is 19.3 Å².